The highest BCUT2D eigenvalue weighted by Gasteiger charge is 2.24. The maximum atomic E-state index is 11.7. The molecule has 0 radical (unpaired) electrons. The molecule has 0 bridgehead atoms. The molecule has 8 nitrogen and oxygen atoms in total. The van der Waals surface area contributed by atoms with Gasteiger partial charge in [0.1, 0.15) is 0 Å². The lowest BCUT2D eigenvalue weighted by Gasteiger charge is -2.11. The Morgan fingerprint density at radius 1 is 1.30 bits per heavy atom. The Bertz CT molecular complexity index is 746. The summed E-state index contributed by atoms with van der Waals surface area (Å²) in [6, 6.07) is 2.79. The summed E-state index contributed by atoms with van der Waals surface area (Å²) in [4.78, 5) is 34.7. The second-order valence-electron chi connectivity index (χ2n) is 5.70. The first-order valence-electron chi connectivity index (χ1n) is 8.38. The molecular weight excluding hydrogens is 376 g/mol. The van der Waals surface area contributed by atoms with Crippen LogP contribution in [0.2, 0.25) is 5.02 Å². The number of hydrogen-bond acceptors (Lipinski definition) is 6. The van der Waals surface area contributed by atoms with Crippen LogP contribution in [0.5, 0.6) is 11.5 Å². The average molecular weight is 397 g/mol. The number of methoxy groups -OCH3 is 1. The number of halogens is 1. The summed E-state index contributed by atoms with van der Waals surface area (Å²) in [5.41, 5.74) is 0.588. The topological polar surface area (TPSA) is 103 Å². The first kappa shape index (κ1) is 20.6. The second-order valence-corrected chi connectivity index (χ2v) is 6.11. The van der Waals surface area contributed by atoms with Crippen molar-refractivity contribution < 1.29 is 28.6 Å². The van der Waals surface area contributed by atoms with Crippen LogP contribution in [0.25, 0.3) is 6.08 Å². The van der Waals surface area contributed by atoms with E-state index < -0.39 is 24.5 Å². The third-order valence-corrected chi connectivity index (χ3v) is 3.74. The lowest BCUT2D eigenvalue weighted by molar-refractivity contribution is -0.143. The monoisotopic (exact) mass is 396 g/mol. The highest BCUT2D eigenvalue weighted by Crippen LogP contribution is 2.36. The van der Waals surface area contributed by atoms with Crippen molar-refractivity contribution in [2.24, 2.45) is 0 Å². The van der Waals surface area contributed by atoms with E-state index in [0.29, 0.717) is 28.7 Å². The molecule has 0 atom stereocenters. The van der Waals surface area contributed by atoms with Gasteiger partial charge in [-0.3, -0.25) is 10.1 Å². The van der Waals surface area contributed by atoms with Gasteiger partial charge in [-0.2, -0.15) is 0 Å². The quantitative estimate of drug-likeness (QED) is 0.516. The fourth-order valence-corrected chi connectivity index (χ4v) is 2.36. The number of ether oxygens (including phenoxy) is 3. The van der Waals surface area contributed by atoms with Crippen LogP contribution in [-0.2, 0) is 14.3 Å². The van der Waals surface area contributed by atoms with Gasteiger partial charge >= 0.3 is 12.0 Å². The number of amides is 3. The molecule has 0 unspecified atom stereocenters. The molecule has 3 amide bonds. The SMILES string of the molecule is CCOc1c(Cl)cc(/C=C/C(=O)OCC(=O)NC(=O)NC2CC2)cc1OC. The van der Waals surface area contributed by atoms with Gasteiger partial charge in [0, 0.05) is 12.1 Å². The summed E-state index contributed by atoms with van der Waals surface area (Å²) in [6.07, 6.45) is 4.41. The maximum absolute atomic E-state index is 11.7. The molecule has 0 aliphatic heterocycles. The van der Waals surface area contributed by atoms with Crippen LogP contribution in [0.1, 0.15) is 25.3 Å². The number of carbonyl (C=O) groups is 3. The van der Waals surface area contributed by atoms with E-state index in [-0.39, 0.29) is 6.04 Å². The molecule has 27 heavy (non-hydrogen) atoms. The minimum absolute atomic E-state index is 0.126. The first-order chi connectivity index (χ1) is 12.9. The summed E-state index contributed by atoms with van der Waals surface area (Å²) in [6.45, 7) is 1.69. The van der Waals surface area contributed by atoms with Crippen molar-refractivity contribution in [3.63, 3.8) is 0 Å². The second kappa shape index (κ2) is 9.82. The number of imide groups is 1. The predicted molar refractivity (Wildman–Crippen MR) is 98.9 cm³/mol. The Morgan fingerprint density at radius 2 is 2.04 bits per heavy atom. The van der Waals surface area contributed by atoms with Crippen molar-refractivity contribution in [3.8, 4) is 11.5 Å². The normalized spacial score (nSPS) is 13.1. The van der Waals surface area contributed by atoms with Crippen molar-refractivity contribution in [3.05, 3.63) is 28.8 Å². The largest absolute Gasteiger partial charge is 0.493 e. The van der Waals surface area contributed by atoms with Crippen molar-refractivity contribution in [1.29, 1.82) is 0 Å². The number of nitrogens with one attached hydrogen (secondary N) is 2. The Balaban J connectivity index is 1.85. The average Bonchev–Trinajstić information content (AvgIpc) is 3.43. The van der Waals surface area contributed by atoms with Crippen LogP contribution in [0.15, 0.2) is 18.2 Å². The molecule has 1 fully saturated rings. The van der Waals surface area contributed by atoms with E-state index in [0.717, 1.165) is 18.9 Å². The summed E-state index contributed by atoms with van der Waals surface area (Å²) in [5.74, 6) is -0.599. The number of hydrogen-bond donors (Lipinski definition) is 2. The number of benzene rings is 1. The summed E-state index contributed by atoms with van der Waals surface area (Å²) >= 11 is 6.15. The molecule has 1 aliphatic carbocycles. The van der Waals surface area contributed by atoms with Crippen molar-refractivity contribution in [2.45, 2.75) is 25.8 Å². The molecule has 9 heteroatoms. The highest BCUT2D eigenvalue weighted by molar-refractivity contribution is 6.32. The third kappa shape index (κ3) is 6.82. The van der Waals surface area contributed by atoms with E-state index in [9.17, 15) is 14.4 Å². The van der Waals surface area contributed by atoms with E-state index in [2.05, 4.69) is 10.6 Å². The third-order valence-electron chi connectivity index (χ3n) is 3.46. The van der Waals surface area contributed by atoms with Crippen LogP contribution >= 0.6 is 11.6 Å². The molecule has 1 saturated carbocycles. The predicted octanol–water partition coefficient (Wildman–Crippen LogP) is 2.29. The molecule has 0 saturated heterocycles. The van der Waals surface area contributed by atoms with Crippen LogP contribution < -0.4 is 20.1 Å². The molecule has 0 spiro atoms. The smallest absolute Gasteiger partial charge is 0.331 e. The Kier molecular flexibility index (Phi) is 7.48. The summed E-state index contributed by atoms with van der Waals surface area (Å²) in [7, 11) is 1.48. The number of carbonyl (C=O) groups excluding carboxylic acids is 3. The molecule has 1 aromatic rings. The van der Waals surface area contributed by atoms with Crippen LogP contribution in [0.3, 0.4) is 0 Å². The van der Waals surface area contributed by atoms with Crippen LogP contribution in [0.4, 0.5) is 4.79 Å². The first-order valence-corrected chi connectivity index (χ1v) is 8.76. The lowest BCUT2D eigenvalue weighted by atomic mass is 10.2. The zero-order valence-electron chi connectivity index (χ0n) is 15.0. The van der Waals surface area contributed by atoms with E-state index in [1.807, 2.05) is 6.92 Å². The fraction of sp³-hybridized carbons (Fsp3) is 0.389. The zero-order valence-corrected chi connectivity index (χ0v) is 15.8. The zero-order chi connectivity index (χ0) is 19.8. The van der Waals surface area contributed by atoms with E-state index in [4.69, 9.17) is 25.8 Å². The molecule has 0 heterocycles. The van der Waals surface area contributed by atoms with Gasteiger partial charge in [-0.05, 0) is 43.5 Å². The molecule has 0 aromatic heterocycles. The molecule has 146 valence electrons. The van der Waals surface area contributed by atoms with E-state index in [1.54, 1.807) is 12.1 Å². The van der Waals surface area contributed by atoms with E-state index in [1.165, 1.54) is 13.2 Å². The number of rotatable bonds is 8. The molecule has 2 rings (SSSR count). The van der Waals surface area contributed by atoms with Gasteiger partial charge in [-0.15, -0.1) is 0 Å². The molecular formula is C18H21ClN2O6. The fourth-order valence-electron chi connectivity index (χ4n) is 2.08. The minimum Gasteiger partial charge on any atom is -0.493 e. The minimum atomic E-state index is -0.739. The molecule has 1 aliphatic rings. The highest BCUT2D eigenvalue weighted by atomic mass is 35.5. The maximum Gasteiger partial charge on any atom is 0.331 e. The lowest BCUT2D eigenvalue weighted by Crippen LogP contribution is -2.42. The van der Waals surface area contributed by atoms with Gasteiger partial charge < -0.3 is 19.5 Å². The van der Waals surface area contributed by atoms with Gasteiger partial charge in [-0.1, -0.05) is 11.6 Å². The van der Waals surface area contributed by atoms with Crippen LogP contribution in [-0.4, -0.2) is 44.3 Å². The van der Waals surface area contributed by atoms with Gasteiger partial charge in [-0.25, -0.2) is 9.59 Å². The van der Waals surface area contributed by atoms with Gasteiger partial charge in [0.2, 0.25) is 0 Å². The molecule has 2 N–H and O–H groups in total. The van der Waals surface area contributed by atoms with Gasteiger partial charge in [0.05, 0.1) is 18.7 Å². The summed E-state index contributed by atoms with van der Waals surface area (Å²) < 4.78 is 15.4. The number of urea groups is 1. The van der Waals surface area contributed by atoms with Gasteiger partial charge in [0.15, 0.2) is 18.1 Å². The summed E-state index contributed by atoms with van der Waals surface area (Å²) in [5, 5.41) is 5.01. The van der Waals surface area contributed by atoms with Crippen molar-refractivity contribution >= 4 is 35.6 Å². The van der Waals surface area contributed by atoms with Crippen LogP contribution in [0, 0.1) is 0 Å². The Labute approximate surface area is 161 Å². The standard InChI is InChI=1S/C18H21ClN2O6/c1-3-26-17-13(19)8-11(9-14(17)25-2)4-7-16(23)27-10-15(22)21-18(24)20-12-5-6-12/h4,7-9,12H,3,5-6,10H2,1-2H3,(H2,20,21,22,24)/b7-4+. The molecule has 1 aromatic carbocycles. The van der Waals surface area contributed by atoms with E-state index >= 15 is 0 Å². The van der Waals surface area contributed by atoms with Crippen molar-refractivity contribution in [2.75, 3.05) is 20.3 Å². The van der Waals surface area contributed by atoms with Gasteiger partial charge in [0.25, 0.3) is 5.91 Å². The Hall–Kier alpha value is -2.74. The van der Waals surface area contributed by atoms with Crippen molar-refractivity contribution in [1.82, 2.24) is 10.6 Å². The Morgan fingerprint density at radius 3 is 2.67 bits per heavy atom. The number of esters is 1.